The average Bonchev–Trinajstić information content (AvgIpc) is 3.66. The zero-order valence-corrected chi connectivity index (χ0v) is 27.4. The number of carbonyl (C=O) groups excluding carboxylic acids is 2. The number of fused-ring (bicyclic) bond motifs is 1. The lowest BCUT2D eigenvalue weighted by Crippen LogP contribution is -2.52. The summed E-state index contributed by atoms with van der Waals surface area (Å²) >= 11 is 1.74. The molecule has 4 aromatic rings. The molecule has 0 spiro atoms. The fourth-order valence-electron chi connectivity index (χ4n) is 6.37. The fraction of sp³-hybridized carbons (Fsp3) is 0.472. The van der Waals surface area contributed by atoms with Crippen LogP contribution in [0.4, 0.5) is 0 Å². The summed E-state index contributed by atoms with van der Waals surface area (Å²) in [4.78, 5) is 35.8. The van der Waals surface area contributed by atoms with Crippen LogP contribution in [0.2, 0.25) is 0 Å². The Morgan fingerprint density at radius 3 is 2.41 bits per heavy atom. The smallest absolute Gasteiger partial charge is 0.252 e. The number of carbonyl (C=O) groups is 2. The summed E-state index contributed by atoms with van der Waals surface area (Å²) in [6, 6.07) is 20.4. The van der Waals surface area contributed by atoms with Gasteiger partial charge in [-0.25, -0.2) is 4.98 Å². The van der Waals surface area contributed by atoms with Crippen molar-refractivity contribution in [3.63, 3.8) is 0 Å². The first-order chi connectivity index (χ1) is 21.3. The van der Waals surface area contributed by atoms with Gasteiger partial charge in [-0.2, -0.15) is 0 Å². The molecule has 7 nitrogen and oxygen atoms in total. The van der Waals surface area contributed by atoms with Gasteiger partial charge in [-0.3, -0.25) is 14.5 Å². The van der Waals surface area contributed by atoms with Crippen molar-refractivity contribution < 1.29 is 9.59 Å². The number of amides is 2. The minimum absolute atomic E-state index is 0.0918. The maximum atomic E-state index is 13.6. The molecule has 0 bridgehead atoms. The molecule has 2 amide bonds. The Kier molecular flexibility index (Phi) is 10.9. The van der Waals surface area contributed by atoms with E-state index in [1.807, 2.05) is 24.3 Å². The van der Waals surface area contributed by atoms with E-state index in [4.69, 9.17) is 4.98 Å². The molecule has 0 aliphatic carbocycles. The van der Waals surface area contributed by atoms with Crippen LogP contribution in [0.3, 0.4) is 0 Å². The Labute approximate surface area is 266 Å². The molecule has 1 aliphatic heterocycles. The molecule has 1 atom stereocenters. The van der Waals surface area contributed by atoms with Crippen molar-refractivity contribution in [2.24, 2.45) is 5.92 Å². The van der Waals surface area contributed by atoms with Crippen molar-refractivity contribution in [2.75, 3.05) is 13.1 Å². The van der Waals surface area contributed by atoms with E-state index in [1.165, 1.54) is 10.4 Å². The van der Waals surface area contributed by atoms with Gasteiger partial charge in [-0.15, -0.1) is 11.3 Å². The van der Waals surface area contributed by atoms with Crippen molar-refractivity contribution in [1.82, 2.24) is 25.1 Å². The summed E-state index contributed by atoms with van der Waals surface area (Å²) < 4.78 is 2.36. The van der Waals surface area contributed by atoms with Crippen LogP contribution in [0.1, 0.15) is 92.5 Å². The van der Waals surface area contributed by atoms with E-state index in [1.54, 1.807) is 11.3 Å². The standard InChI is InChI=1S/C36H47N5O2S/c1-5-29(6-2)41-33-15-14-27(22-31(33)38-34(41)23-30-13-10-20-44-30)35(42)39-32(21-25(3)4)36(43)37-28-16-18-40(19-17-28)24-26-11-8-7-9-12-26/h7-15,20,22,25,28-29,32H,5-6,16-19,21,23-24H2,1-4H3,(H,37,43)(H,39,42)/t32-/m0/s1. The largest absolute Gasteiger partial charge is 0.351 e. The van der Waals surface area contributed by atoms with Gasteiger partial charge in [0.2, 0.25) is 5.91 Å². The lowest BCUT2D eigenvalue weighted by Gasteiger charge is -2.33. The van der Waals surface area contributed by atoms with Gasteiger partial charge in [0, 0.05) is 48.6 Å². The van der Waals surface area contributed by atoms with Crippen LogP contribution in [0.15, 0.2) is 66.0 Å². The molecule has 8 heteroatoms. The van der Waals surface area contributed by atoms with Gasteiger partial charge in [0.25, 0.3) is 5.91 Å². The molecule has 3 heterocycles. The number of rotatable bonds is 13. The number of hydrogen-bond donors (Lipinski definition) is 2. The Bertz CT molecular complexity index is 1500. The lowest BCUT2D eigenvalue weighted by molar-refractivity contribution is -0.124. The first-order valence-corrected chi connectivity index (χ1v) is 17.1. The molecule has 2 aromatic carbocycles. The third-order valence-corrected chi connectivity index (χ3v) is 9.63. The number of thiophene rings is 1. The number of aromatic nitrogens is 2. The van der Waals surface area contributed by atoms with Crippen molar-refractivity contribution >= 4 is 34.2 Å². The van der Waals surface area contributed by atoms with Crippen LogP contribution in [0.5, 0.6) is 0 Å². The molecule has 234 valence electrons. The minimum atomic E-state index is -0.586. The third-order valence-electron chi connectivity index (χ3n) is 8.76. The quantitative estimate of drug-likeness (QED) is 0.171. The van der Waals surface area contributed by atoms with E-state index in [0.717, 1.165) is 68.6 Å². The predicted molar refractivity (Wildman–Crippen MR) is 180 cm³/mol. The fourth-order valence-corrected chi connectivity index (χ4v) is 7.07. The van der Waals surface area contributed by atoms with E-state index < -0.39 is 6.04 Å². The van der Waals surface area contributed by atoms with Crippen LogP contribution in [-0.4, -0.2) is 51.4 Å². The molecule has 1 aliphatic rings. The number of piperidine rings is 1. The third kappa shape index (κ3) is 7.96. The molecule has 0 saturated carbocycles. The van der Waals surface area contributed by atoms with Gasteiger partial charge in [0.1, 0.15) is 11.9 Å². The van der Waals surface area contributed by atoms with E-state index in [0.29, 0.717) is 18.0 Å². The lowest BCUT2D eigenvalue weighted by atomic mass is 10.00. The molecule has 2 aromatic heterocycles. The van der Waals surface area contributed by atoms with Crippen LogP contribution in [0, 0.1) is 5.92 Å². The summed E-state index contributed by atoms with van der Waals surface area (Å²) in [6.45, 7) is 11.4. The van der Waals surface area contributed by atoms with Crippen LogP contribution in [-0.2, 0) is 17.8 Å². The normalized spacial score (nSPS) is 15.2. The van der Waals surface area contributed by atoms with E-state index in [2.05, 4.69) is 89.6 Å². The Morgan fingerprint density at radius 1 is 1.00 bits per heavy atom. The number of nitrogens with one attached hydrogen (secondary N) is 2. The molecule has 5 rings (SSSR count). The van der Waals surface area contributed by atoms with Gasteiger partial charge in [0.05, 0.1) is 11.0 Å². The van der Waals surface area contributed by atoms with E-state index in [-0.39, 0.29) is 23.8 Å². The monoisotopic (exact) mass is 613 g/mol. The van der Waals surface area contributed by atoms with E-state index >= 15 is 0 Å². The second-order valence-electron chi connectivity index (χ2n) is 12.5. The highest BCUT2D eigenvalue weighted by Gasteiger charge is 2.27. The van der Waals surface area contributed by atoms with Crippen LogP contribution < -0.4 is 10.6 Å². The number of benzene rings is 2. The summed E-state index contributed by atoms with van der Waals surface area (Å²) in [6.07, 6.45) is 5.20. The highest BCUT2D eigenvalue weighted by Crippen LogP contribution is 2.28. The summed E-state index contributed by atoms with van der Waals surface area (Å²) in [7, 11) is 0. The molecule has 1 fully saturated rings. The number of likely N-dealkylation sites (tertiary alicyclic amines) is 1. The van der Waals surface area contributed by atoms with Gasteiger partial charge in [0.15, 0.2) is 0 Å². The Morgan fingerprint density at radius 2 is 1.75 bits per heavy atom. The first-order valence-electron chi connectivity index (χ1n) is 16.2. The SMILES string of the molecule is CCC(CC)n1c(Cc2cccs2)nc2cc(C(=O)N[C@@H](CC(C)C)C(=O)NC3CCN(Cc4ccccc4)CC3)ccc21. The summed E-state index contributed by atoms with van der Waals surface area (Å²) in [5, 5.41) is 8.42. The van der Waals surface area contributed by atoms with Crippen molar-refractivity contribution in [2.45, 2.75) is 90.9 Å². The summed E-state index contributed by atoms with van der Waals surface area (Å²) in [5.41, 5.74) is 3.72. The molecule has 44 heavy (non-hydrogen) atoms. The molecule has 2 N–H and O–H groups in total. The zero-order chi connectivity index (χ0) is 31.1. The predicted octanol–water partition coefficient (Wildman–Crippen LogP) is 6.98. The van der Waals surface area contributed by atoms with Crippen LogP contribution in [0.25, 0.3) is 11.0 Å². The minimum Gasteiger partial charge on any atom is -0.351 e. The highest BCUT2D eigenvalue weighted by molar-refractivity contribution is 7.09. The maximum absolute atomic E-state index is 13.6. The van der Waals surface area contributed by atoms with Gasteiger partial charge in [-0.1, -0.05) is 64.1 Å². The second kappa shape index (κ2) is 15.0. The highest BCUT2D eigenvalue weighted by atomic mass is 32.1. The molecular formula is C36H47N5O2S. The van der Waals surface area contributed by atoms with Crippen molar-refractivity contribution in [1.29, 1.82) is 0 Å². The van der Waals surface area contributed by atoms with E-state index in [9.17, 15) is 9.59 Å². The molecule has 0 radical (unpaired) electrons. The summed E-state index contributed by atoms with van der Waals surface area (Å²) in [5.74, 6) is 0.963. The van der Waals surface area contributed by atoms with Crippen molar-refractivity contribution in [3.05, 3.63) is 87.9 Å². The Hall–Kier alpha value is -3.49. The average molecular weight is 614 g/mol. The van der Waals surface area contributed by atoms with Gasteiger partial charge in [-0.05, 0) is 73.2 Å². The van der Waals surface area contributed by atoms with Crippen LogP contribution >= 0.6 is 11.3 Å². The number of nitrogens with zero attached hydrogens (tertiary/aromatic N) is 3. The molecule has 1 saturated heterocycles. The first kappa shape index (κ1) is 31.9. The number of imidazole rings is 1. The zero-order valence-electron chi connectivity index (χ0n) is 26.6. The second-order valence-corrected chi connectivity index (χ2v) is 13.6. The number of hydrogen-bond acceptors (Lipinski definition) is 5. The Balaban J connectivity index is 1.26. The van der Waals surface area contributed by atoms with Gasteiger partial charge < -0.3 is 15.2 Å². The van der Waals surface area contributed by atoms with Gasteiger partial charge >= 0.3 is 0 Å². The topological polar surface area (TPSA) is 79.3 Å². The maximum Gasteiger partial charge on any atom is 0.252 e. The molecular weight excluding hydrogens is 566 g/mol. The van der Waals surface area contributed by atoms with Crippen molar-refractivity contribution in [3.8, 4) is 0 Å². The molecule has 0 unspecified atom stereocenters.